The number of rotatable bonds is 14. The van der Waals surface area contributed by atoms with Gasteiger partial charge in [-0.1, -0.05) is 37.6 Å². The van der Waals surface area contributed by atoms with Crippen LogP contribution < -0.4 is 14.4 Å². The summed E-state index contributed by atoms with van der Waals surface area (Å²) in [5.41, 5.74) is 1.04. The summed E-state index contributed by atoms with van der Waals surface area (Å²) in [6.45, 7) is 7.93. The third kappa shape index (κ3) is 8.89. The number of hydrogen-bond acceptors (Lipinski definition) is 6. The number of carbonyl (C=O) groups is 2. The minimum absolute atomic E-state index is 0.0500. The van der Waals surface area contributed by atoms with Crippen LogP contribution >= 0.6 is 23.4 Å². The second-order valence-corrected chi connectivity index (χ2v) is 13.3. The zero-order chi connectivity index (χ0) is 30.9. The molecule has 0 heterocycles. The molecule has 0 fully saturated rings. The van der Waals surface area contributed by atoms with E-state index in [0.29, 0.717) is 29.6 Å². The first-order valence-corrected chi connectivity index (χ1v) is 16.7. The van der Waals surface area contributed by atoms with Crippen molar-refractivity contribution in [2.24, 2.45) is 5.92 Å². The number of anilines is 1. The molecule has 0 saturated heterocycles. The summed E-state index contributed by atoms with van der Waals surface area (Å²) in [6.07, 6.45) is 1.90. The molecule has 226 valence electrons. The summed E-state index contributed by atoms with van der Waals surface area (Å²) in [6, 6.07) is 19.1. The molecule has 0 aliphatic carbocycles. The molecule has 3 aromatic rings. The van der Waals surface area contributed by atoms with Gasteiger partial charge in [-0.2, -0.15) is 0 Å². The van der Waals surface area contributed by atoms with E-state index < -0.39 is 28.5 Å². The maximum atomic E-state index is 14.0. The van der Waals surface area contributed by atoms with Gasteiger partial charge >= 0.3 is 0 Å². The number of ether oxygens (including phenoxy) is 1. The zero-order valence-electron chi connectivity index (χ0n) is 24.5. The molecule has 0 spiro atoms. The van der Waals surface area contributed by atoms with E-state index in [1.807, 2.05) is 27.0 Å². The number of sulfonamides is 1. The summed E-state index contributed by atoms with van der Waals surface area (Å²) >= 11 is 7.56. The van der Waals surface area contributed by atoms with Crippen LogP contribution in [0.2, 0.25) is 5.02 Å². The maximum Gasteiger partial charge on any atom is 0.264 e. The normalized spacial score (nSPS) is 12.1. The molecule has 1 N–H and O–H groups in total. The van der Waals surface area contributed by atoms with Crippen LogP contribution in [0.3, 0.4) is 0 Å². The van der Waals surface area contributed by atoms with Crippen molar-refractivity contribution in [3.8, 4) is 5.75 Å². The fourth-order valence-electron chi connectivity index (χ4n) is 4.10. The van der Waals surface area contributed by atoms with Crippen LogP contribution in [0.5, 0.6) is 5.75 Å². The molecule has 0 aliphatic rings. The summed E-state index contributed by atoms with van der Waals surface area (Å²) in [5.74, 6) is -0.0575. The van der Waals surface area contributed by atoms with Gasteiger partial charge in [0.15, 0.2) is 0 Å². The van der Waals surface area contributed by atoms with Crippen molar-refractivity contribution in [3.63, 3.8) is 0 Å². The van der Waals surface area contributed by atoms with Crippen LogP contribution in [-0.2, 0) is 26.2 Å². The average Bonchev–Trinajstić information content (AvgIpc) is 2.98. The fourth-order valence-corrected chi connectivity index (χ4v) is 6.05. The molecule has 3 aromatic carbocycles. The second-order valence-electron chi connectivity index (χ2n) is 10.1. The quantitative estimate of drug-likeness (QED) is 0.225. The monoisotopic (exact) mass is 631 g/mol. The van der Waals surface area contributed by atoms with E-state index in [4.69, 9.17) is 16.3 Å². The molecule has 0 aliphatic heterocycles. The number of benzene rings is 3. The number of halogens is 1. The Balaban J connectivity index is 2.01. The van der Waals surface area contributed by atoms with Crippen molar-refractivity contribution in [1.82, 2.24) is 10.2 Å². The Morgan fingerprint density at radius 1 is 0.952 bits per heavy atom. The lowest BCUT2D eigenvalue weighted by Gasteiger charge is -2.32. The predicted octanol–water partition coefficient (Wildman–Crippen LogP) is 5.85. The summed E-state index contributed by atoms with van der Waals surface area (Å²) in [5, 5.41) is 3.42. The molecule has 0 aromatic heterocycles. The lowest BCUT2D eigenvalue weighted by Crippen LogP contribution is -2.51. The molecule has 3 rings (SSSR count). The highest BCUT2D eigenvalue weighted by Gasteiger charge is 2.32. The third-order valence-corrected chi connectivity index (χ3v) is 9.26. The van der Waals surface area contributed by atoms with Gasteiger partial charge < -0.3 is 15.0 Å². The van der Waals surface area contributed by atoms with Gasteiger partial charge in [-0.3, -0.25) is 13.9 Å². The van der Waals surface area contributed by atoms with Gasteiger partial charge in [0.05, 0.1) is 17.2 Å². The zero-order valence-corrected chi connectivity index (χ0v) is 26.9. The lowest BCUT2D eigenvalue weighted by molar-refractivity contribution is -0.139. The number of hydrogen-bond donors (Lipinski definition) is 1. The van der Waals surface area contributed by atoms with E-state index in [-0.39, 0.29) is 23.3 Å². The lowest BCUT2D eigenvalue weighted by atomic mass is 10.1. The van der Waals surface area contributed by atoms with Gasteiger partial charge in [0.1, 0.15) is 18.3 Å². The van der Waals surface area contributed by atoms with Gasteiger partial charge in [0, 0.05) is 23.0 Å². The van der Waals surface area contributed by atoms with Crippen LogP contribution in [0.4, 0.5) is 5.69 Å². The average molecular weight is 632 g/mol. The van der Waals surface area contributed by atoms with Gasteiger partial charge in [-0.15, -0.1) is 11.8 Å². The van der Waals surface area contributed by atoms with E-state index in [1.165, 1.54) is 28.8 Å². The topological polar surface area (TPSA) is 96.0 Å². The van der Waals surface area contributed by atoms with E-state index in [2.05, 4.69) is 5.32 Å². The largest absolute Gasteiger partial charge is 0.494 e. The first kappa shape index (κ1) is 33.3. The first-order chi connectivity index (χ1) is 20.0. The highest BCUT2D eigenvalue weighted by Crippen LogP contribution is 2.28. The smallest absolute Gasteiger partial charge is 0.264 e. The summed E-state index contributed by atoms with van der Waals surface area (Å²) in [4.78, 5) is 29.5. The van der Waals surface area contributed by atoms with Crippen molar-refractivity contribution in [1.29, 1.82) is 0 Å². The van der Waals surface area contributed by atoms with Gasteiger partial charge in [0.2, 0.25) is 11.8 Å². The molecule has 0 unspecified atom stereocenters. The van der Waals surface area contributed by atoms with Crippen molar-refractivity contribution >= 4 is 50.9 Å². The fraction of sp³-hybridized carbons (Fsp3) is 0.355. The number of thioether (sulfide) groups is 1. The molecule has 0 saturated carbocycles. The van der Waals surface area contributed by atoms with Crippen molar-refractivity contribution in [2.45, 2.75) is 50.1 Å². The van der Waals surface area contributed by atoms with Crippen LogP contribution in [0, 0.1) is 5.92 Å². The van der Waals surface area contributed by atoms with Crippen LogP contribution in [0.15, 0.2) is 82.6 Å². The van der Waals surface area contributed by atoms with Gasteiger partial charge in [-0.05, 0) is 92.2 Å². The standard InChI is InChI=1S/C31H38ClN3O5S2/c1-6-40-27-13-11-26(12-14-27)35(42(38,39)29-17-15-28(41-5)16-18-29)21-30(36)34(20-24-7-9-25(32)10-8-24)23(4)31(37)33-19-22(2)3/h7-18,22-23H,6,19-21H2,1-5H3,(H,33,37)/t23-/m1/s1. The van der Waals surface area contributed by atoms with Crippen molar-refractivity contribution < 1.29 is 22.7 Å². The Kier molecular flexibility index (Phi) is 12.1. The van der Waals surface area contributed by atoms with E-state index in [9.17, 15) is 18.0 Å². The van der Waals surface area contributed by atoms with Gasteiger partial charge in [-0.25, -0.2) is 8.42 Å². The van der Waals surface area contributed by atoms with E-state index >= 15 is 0 Å². The van der Waals surface area contributed by atoms with E-state index in [1.54, 1.807) is 67.6 Å². The Hall–Kier alpha value is -3.21. The summed E-state index contributed by atoms with van der Waals surface area (Å²) < 4.78 is 34.6. The van der Waals surface area contributed by atoms with E-state index in [0.717, 1.165) is 14.8 Å². The predicted molar refractivity (Wildman–Crippen MR) is 170 cm³/mol. The van der Waals surface area contributed by atoms with Crippen LogP contribution in [0.25, 0.3) is 0 Å². The Bertz CT molecular complexity index is 1430. The maximum absolute atomic E-state index is 14.0. The Morgan fingerprint density at radius 2 is 1.57 bits per heavy atom. The second kappa shape index (κ2) is 15.3. The first-order valence-electron chi connectivity index (χ1n) is 13.7. The van der Waals surface area contributed by atoms with Crippen LogP contribution in [0.1, 0.15) is 33.3 Å². The molecule has 2 amide bonds. The number of nitrogens with zero attached hydrogens (tertiary/aromatic N) is 2. The van der Waals surface area contributed by atoms with Crippen LogP contribution in [-0.4, -0.2) is 57.1 Å². The highest BCUT2D eigenvalue weighted by molar-refractivity contribution is 7.98. The molecule has 42 heavy (non-hydrogen) atoms. The summed E-state index contributed by atoms with van der Waals surface area (Å²) in [7, 11) is -4.16. The minimum Gasteiger partial charge on any atom is -0.494 e. The van der Waals surface area contributed by atoms with Gasteiger partial charge in [0.25, 0.3) is 10.0 Å². The molecule has 8 nitrogen and oxygen atoms in total. The molecular weight excluding hydrogens is 594 g/mol. The Morgan fingerprint density at radius 3 is 2.12 bits per heavy atom. The number of carbonyl (C=O) groups excluding carboxylic acids is 2. The molecular formula is C31H38ClN3O5S2. The number of amides is 2. The molecule has 0 bridgehead atoms. The molecule has 1 atom stereocenters. The third-order valence-electron chi connectivity index (χ3n) is 6.48. The minimum atomic E-state index is -4.16. The molecule has 11 heteroatoms. The SMILES string of the molecule is CCOc1ccc(N(CC(=O)N(Cc2ccc(Cl)cc2)[C@H](C)C(=O)NCC(C)C)S(=O)(=O)c2ccc(SC)cc2)cc1. The van der Waals surface area contributed by atoms with Crippen molar-refractivity contribution in [2.75, 3.05) is 30.3 Å². The van der Waals surface area contributed by atoms with Crippen molar-refractivity contribution in [3.05, 3.63) is 83.4 Å². The Labute approximate surface area is 258 Å². The molecule has 0 radical (unpaired) electrons. The number of nitrogens with one attached hydrogen (secondary N) is 1. The highest BCUT2D eigenvalue weighted by atomic mass is 35.5.